The van der Waals surface area contributed by atoms with E-state index in [1.54, 1.807) is 0 Å². The summed E-state index contributed by atoms with van der Waals surface area (Å²) in [4.78, 5) is 24.7. The molecule has 2 amide bonds. The van der Waals surface area contributed by atoms with Gasteiger partial charge in [0.15, 0.2) is 17.4 Å². The van der Waals surface area contributed by atoms with Crippen molar-refractivity contribution >= 4 is 17.7 Å². The molecule has 2 rings (SSSR count). The van der Waals surface area contributed by atoms with Crippen LogP contribution in [0, 0.1) is 23.5 Å². The van der Waals surface area contributed by atoms with Crippen molar-refractivity contribution in [3.05, 3.63) is 23.8 Å². The van der Waals surface area contributed by atoms with Gasteiger partial charge in [0.25, 0.3) is 0 Å². The molecule has 1 aromatic rings. The quantitative estimate of drug-likeness (QED) is 0.894. The Morgan fingerprint density at radius 2 is 1.91 bits per heavy atom. The maximum absolute atomic E-state index is 13.6. The number of benzene rings is 1. The monoisotopic (exact) mass is 328 g/mol. The van der Waals surface area contributed by atoms with Crippen LogP contribution in [0.1, 0.15) is 13.3 Å². The van der Waals surface area contributed by atoms with Gasteiger partial charge < -0.3 is 20.1 Å². The molecule has 2 unspecified atom stereocenters. The normalized spacial score (nSPS) is 21.0. The molecule has 1 saturated heterocycles. The minimum atomic E-state index is -0.962. The molecule has 0 saturated carbocycles. The minimum Gasteiger partial charge on any atom is -0.491 e. The van der Waals surface area contributed by atoms with Gasteiger partial charge in [-0.25, -0.2) is 13.6 Å². The molecule has 1 fully saturated rings. The number of carbonyl (C=O) groups is 2. The number of carboxylic acids is 1. The summed E-state index contributed by atoms with van der Waals surface area (Å²) in [5, 5.41) is 11.5. The van der Waals surface area contributed by atoms with Gasteiger partial charge in [-0.1, -0.05) is 6.92 Å². The molecule has 0 aromatic heterocycles. The van der Waals surface area contributed by atoms with Crippen LogP contribution in [-0.4, -0.2) is 42.2 Å². The van der Waals surface area contributed by atoms with E-state index in [1.807, 2.05) is 6.92 Å². The summed E-state index contributed by atoms with van der Waals surface area (Å²) >= 11 is 0. The van der Waals surface area contributed by atoms with Gasteiger partial charge in [0.2, 0.25) is 0 Å². The Labute approximate surface area is 132 Å². The van der Waals surface area contributed by atoms with Gasteiger partial charge in [-0.15, -0.1) is 0 Å². The standard InChI is InChI=1S/C15H18F2N2O4/c1-8-3-9(14(20)21)7-19(6-8)15(22)18-10-4-11(16)13(23-2)12(17)5-10/h4-5,8-9H,3,6-7H2,1-2H3,(H,18,22)(H,20,21). The van der Waals surface area contributed by atoms with Crippen molar-refractivity contribution in [3.63, 3.8) is 0 Å². The zero-order valence-electron chi connectivity index (χ0n) is 12.8. The lowest BCUT2D eigenvalue weighted by atomic mass is 9.91. The van der Waals surface area contributed by atoms with Crippen LogP contribution in [0.2, 0.25) is 0 Å². The van der Waals surface area contributed by atoms with Gasteiger partial charge in [0.05, 0.1) is 13.0 Å². The Morgan fingerprint density at radius 3 is 2.43 bits per heavy atom. The maximum atomic E-state index is 13.6. The molecule has 2 N–H and O–H groups in total. The number of halogens is 2. The highest BCUT2D eigenvalue weighted by atomic mass is 19.1. The van der Waals surface area contributed by atoms with Crippen LogP contribution < -0.4 is 10.1 Å². The number of rotatable bonds is 3. The van der Waals surface area contributed by atoms with Gasteiger partial charge in [-0.2, -0.15) is 0 Å². The van der Waals surface area contributed by atoms with E-state index in [0.717, 1.165) is 19.2 Å². The van der Waals surface area contributed by atoms with Crippen molar-refractivity contribution in [3.8, 4) is 5.75 Å². The number of anilines is 1. The largest absolute Gasteiger partial charge is 0.491 e. The third-order valence-corrected chi connectivity index (χ3v) is 3.75. The Balaban J connectivity index is 2.11. The number of piperidine rings is 1. The Kier molecular flexibility index (Phi) is 5.02. The number of carbonyl (C=O) groups excluding carboxylic acids is 1. The number of aliphatic carboxylic acids is 1. The Hall–Kier alpha value is -2.38. The maximum Gasteiger partial charge on any atom is 0.321 e. The van der Waals surface area contributed by atoms with Crippen molar-refractivity contribution in [2.24, 2.45) is 11.8 Å². The lowest BCUT2D eigenvalue weighted by Gasteiger charge is -2.34. The second-order valence-corrected chi connectivity index (χ2v) is 5.68. The number of likely N-dealkylation sites (tertiary alicyclic amines) is 1. The van der Waals surface area contributed by atoms with Crippen LogP contribution in [0.4, 0.5) is 19.3 Å². The van der Waals surface area contributed by atoms with E-state index in [0.29, 0.717) is 13.0 Å². The van der Waals surface area contributed by atoms with E-state index in [4.69, 9.17) is 5.11 Å². The van der Waals surface area contributed by atoms with Gasteiger partial charge >= 0.3 is 12.0 Å². The fraction of sp³-hybridized carbons (Fsp3) is 0.467. The Bertz CT molecular complexity index is 600. The first kappa shape index (κ1) is 17.0. The van der Waals surface area contributed by atoms with Crippen molar-refractivity contribution in [2.75, 3.05) is 25.5 Å². The summed E-state index contributed by atoms with van der Waals surface area (Å²) in [6, 6.07) is 1.30. The first-order chi connectivity index (χ1) is 10.8. The molecular weight excluding hydrogens is 310 g/mol. The average molecular weight is 328 g/mol. The molecule has 2 atom stereocenters. The molecule has 0 spiro atoms. The van der Waals surface area contributed by atoms with E-state index in [2.05, 4.69) is 10.1 Å². The zero-order valence-corrected chi connectivity index (χ0v) is 12.8. The van der Waals surface area contributed by atoms with Gasteiger partial charge in [0.1, 0.15) is 0 Å². The topological polar surface area (TPSA) is 78.9 Å². The van der Waals surface area contributed by atoms with E-state index in [-0.39, 0.29) is 18.2 Å². The molecule has 1 aliphatic rings. The summed E-state index contributed by atoms with van der Waals surface area (Å²) in [6.45, 7) is 2.30. The highest BCUT2D eigenvalue weighted by Gasteiger charge is 2.32. The zero-order chi connectivity index (χ0) is 17.1. The Morgan fingerprint density at radius 1 is 1.30 bits per heavy atom. The van der Waals surface area contributed by atoms with E-state index in [1.165, 1.54) is 4.90 Å². The van der Waals surface area contributed by atoms with Crippen LogP contribution in [0.3, 0.4) is 0 Å². The molecule has 1 heterocycles. The molecule has 0 radical (unpaired) electrons. The number of hydrogen-bond acceptors (Lipinski definition) is 3. The van der Waals surface area contributed by atoms with E-state index >= 15 is 0 Å². The molecule has 0 bridgehead atoms. The van der Waals surface area contributed by atoms with Crippen LogP contribution >= 0.6 is 0 Å². The lowest BCUT2D eigenvalue weighted by Crippen LogP contribution is -2.47. The first-order valence-corrected chi connectivity index (χ1v) is 7.13. The van der Waals surface area contributed by atoms with Crippen molar-refractivity contribution in [2.45, 2.75) is 13.3 Å². The van der Waals surface area contributed by atoms with Crippen molar-refractivity contribution in [1.82, 2.24) is 4.90 Å². The van der Waals surface area contributed by atoms with Crippen LogP contribution in [0.25, 0.3) is 0 Å². The number of hydrogen-bond donors (Lipinski definition) is 2. The van der Waals surface area contributed by atoms with Gasteiger partial charge in [0, 0.05) is 30.9 Å². The molecule has 8 heteroatoms. The van der Waals surface area contributed by atoms with Crippen LogP contribution in [-0.2, 0) is 4.79 Å². The molecule has 1 aromatic carbocycles. The van der Waals surface area contributed by atoms with E-state index < -0.39 is 35.3 Å². The molecule has 1 aliphatic heterocycles. The molecule has 126 valence electrons. The number of methoxy groups -OCH3 is 1. The van der Waals surface area contributed by atoms with Crippen LogP contribution in [0.5, 0.6) is 5.75 Å². The van der Waals surface area contributed by atoms with Crippen LogP contribution in [0.15, 0.2) is 12.1 Å². The second kappa shape index (κ2) is 6.80. The third-order valence-electron chi connectivity index (χ3n) is 3.75. The summed E-state index contributed by atoms with van der Waals surface area (Å²) in [6.07, 6.45) is 0.491. The number of ether oxygens (including phenoxy) is 1. The first-order valence-electron chi connectivity index (χ1n) is 7.13. The number of nitrogens with one attached hydrogen (secondary N) is 1. The highest BCUT2D eigenvalue weighted by molar-refractivity contribution is 5.90. The number of amides is 2. The number of nitrogens with zero attached hydrogens (tertiary/aromatic N) is 1. The predicted molar refractivity (Wildman–Crippen MR) is 78.4 cm³/mol. The van der Waals surface area contributed by atoms with Gasteiger partial charge in [-0.05, 0) is 12.3 Å². The predicted octanol–water partition coefficient (Wildman–Crippen LogP) is 2.55. The van der Waals surface area contributed by atoms with Crippen molar-refractivity contribution < 1.29 is 28.2 Å². The highest BCUT2D eigenvalue weighted by Crippen LogP contribution is 2.26. The summed E-state index contributed by atoms with van der Waals surface area (Å²) in [7, 11) is 1.14. The summed E-state index contributed by atoms with van der Waals surface area (Å²) in [5.41, 5.74) is -0.0594. The second-order valence-electron chi connectivity index (χ2n) is 5.68. The van der Waals surface area contributed by atoms with Gasteiger partial charge in [-0.3, -0.25) is 4.79 Å². The fourth-order valence-corrected chi connectivity index (χ4v) is 2.73. The summed E-state index contributed by atoms with van der Waals surface area (Å²) in [5.74, 6) is -3.97. The minimum absolute atomic E-state index is 0.0277. The fourth-order valence-electron chi connectivity index (χ4n) is 2.73. The molecule has 23 heavy (non-hydrogen) atoms. The molecule has 0 aliphatic carbocycles. The van der Waals surface area contributed by atoms with Crippen molar-refractivity contribution in [1.29, 1.82) is 0 Å². The number of carboxylic acid groups (broad SMARTS) is 1. The molecule has 6 nitrogen and oxygen atoms in total. The lowest BCUT2D eigenvalue weighted by molar-refractivity contribution is -0.143. The summed E-state index contributed by atoms with van der Waals surface area (Å²) < 4.78 is 31.8. The molecular formula is C15H18F2N2O4. The number of urea groups is 1. The SMILES string of the molecule is COc1c(F)cc(NC(=O)N2CC(C)CC(C(=O)O)C2)cc1F. The van der Waals surface area contributed by atoms with E-state index in [9.17, 15) is 18.4 Å². The average Bonchev–Trinajstić information content (AvgIpc) is 2.46. The smallest absolute Gasteiger partial charge is 0.321 e. The third kappa shape index (κ3) is 3.88.